The van der Waals surface area contributed by atoms with Gasteiger partial charge in [-0.05, 0) is 43.4 Å². The van der Waals surface area contributed by atoms with Crippen molar-refractivity contribution in [2.24, 2.45) is 5.92 Å². The lowest BCUT2D eigenvalue weighted by Gasteiger charge is -2.28. The van der Waals surface area contributed by atoms with Gasteiger partial charge in [-0.3, -0.25) is 0 Å². The van der Waals surface area contributed by atoms with Crippen LogP contribution in [0.25, 0.3) is 0 Å². The van der Waals surface area contributed by atoms with E-state index in [1.165, 1.54) is 32.1 Å². The number of hydrogen-bond acceptors (Lipinski definition) is 2. The number of alkyl halides is 2. The molecule has 0 amide bonds. The molecule has 2 nitrogen and oxygen atoms in total. The van der Waals surface area contributed by atoms with Crippen molar-refractivity contribution in [2.75, 3.05) is 0 Å². The minimum absolute atomic E-state index is 0.212. The molecule has 2 rings (SSSR count). The third-order valence-corrected chi connectivity index (χ3v) is 4.13. The van der Waals surface area contributed by atoms with Gasteiger partial charge in [-0.2, -0.15) is 8.78 Å². The van der Waals surface area contributed by atoms with E-state index in [0.717, 1.165) is 18.0 Å². The van der Waals surface area contributed by atoms with E-state index in [-0.39, 0.29) is 5.75 Å². The fourth-order valence-electron chi connectivity index (χ4n) is 2.87. The first-order chi connectivity index (χ1) is 9.65. The van der Waals surface area contributed by atoms with Crippen LogP contribution in [0.5, 0.6) is 5.75 Å². The third kappa shape index (κ3) is 4.75. The standard InChI is InChI=1S/C16H23F2NO/c1-12(14-5-3-2-4-6-14)19-11-13-7-9-15(10-8-13)20-16(17)18/h7-10,12,14,16,19H,2-6,11H2,1H3/t12-/m0/s1. The number of nitrogens with one attached hydrogen (secondary N) is 1. The van der Waals surface area contributed by atoms with E-state index < -0.39 is 6.61 Å². The van der Waals surface area contributed by atoms with Crippen LogP contribution in [0.2, 0.25) is 0 Å². The van der Waals surface area contributed by atoms with Crippen LogP contribution in [0.15, 0.2) is 24.3 Å². The van der Waals surface area contributed by atoms with E-state index in [2.05, 4.69) is 17.0 Å². The Kier molecular flexibility index (Phi) is 5.77. The smallest absolute Gasteiger partial charge is 0.387 e. The van der Waals surface area contributed by atoms with Crippen LogP contribution in [-0.2, 0) is 6.54 Å². The minimum atomic E-state index is -2.76. The summed E-state index contributed by atoms with van der Waals surface area (Å²) in [6, 6.07) is 7.35. The van der Waals surface area contributed by atoms with Crippen LogP contribution in [0.4, 0.5) is 8.78 Å². The predicted octanol–water partition coefficient (Wildman–Crippen LogP) is 4.35. The van der Waals surface area contributed by atoms with Gasteiger partial charge in [0.1, 0.15) is 5.75 Å². The SMILES string of the molecule is C[C@H](NCc1ccc(OC(F)F)cc1)C1CCCCC1. The number of rotatable bonds is 6. The molecule has 1 aliphatic carbocycles. The largest absolute Gasteiger partial charge is 0.435 e. The molecule has 0 aliphatic heterocycles. The van der Waals surface area contributed by atoms with Crippen LogP contribution in [0, 0.1) is 5.92 Å². The van der Waals surface area contributed by atoms with Crippen LogP contribution in [0.1, 0.15) is 44.6 Å². The molecule has 0 bridgehead atoms. The van der Waals surface area contributed by atoms with Gasteiger partial charge in [-0.1, -0.05) is 31.4 Å². The molecule has 0 spiro atoms. The molecular weight excluding hydrogens is 260 g/mol. The van der Waals surface area contributed by atoms with E-state index in [4.69, 9.17) is 0 Å². The zero-order valence-electron chi connectivity index (χ0n) is 11.9. The Bertz CT molecular complexity index is 388. The third-order valence-electron chi connectivity index (χ3n) is 4.13. The minimum Gasteiger partial charge on any atom is -0.435 e. The molecule has 1 atom stereocenters. The zero-order valence-corrected chi connectivity index (χ0v) is 11.9. The lowest BCUT2D eigenvalue weighted by Crippen LogP contribution is -2.34. The van der Waals surface area contributed by atoms with Crippen LogP contribution in [-0.4, -0.2) is 12.7 Å². The second-order valence-electron chi connectivity index (χ2n) is 5.59. The summed E-state index contributed by atoms with van der Waals surface area (Å²) in [5.74, 6) is 0.981. The topological polar surface area (TPSA) is 21.3 Å². The number of ether oxygens (including phenoxy) is 1. The Balaban J connectivity index is 1.78. The summed E-state index contributed by atoms with van der Waals surface area (Å²) in [5, 5.41) is 3.54. The summed E-state index contributed by atoms with van der Waals surface area (Å²) in [5.41, 5.74) is 1.09. The fraction of sp³-hybridized carbons (Fsp3) is 0.625. The molecule has 0 aromatic heterocycles. The number of halogens is 2. The van der Waals surface area contributed by atoms with Crippen molar-refractivity contribution in [1.82, 2.24) is 5.32 Å². The van der Waals surface area contributed by atoms with Crippen molar-refractivity contribution < 1.29 is 13.5 Å². The highest BCUT2D eigenvalue weighted by Crippen LogP contribution is 2.26. The Hall–Kier alpha value is -1.16. The van der Waals surface area contributed by atoms with Crippen molar-refractivity contribution in [1.29, 1.82) is 0 Å². The molecule has 0 heterocycles. The normalized spacial score (nSPS) is 18.2. The Morgan fingerprint density at radius 1 is 1.15 bits per heavy atom. The highest BCUT2D eigenvalue weighted by Gasteiger charge is 2.19. The second-order valence-corrected chi connectivity index (χ2v) is 5.59. The van der Waals surface area contributed by atoms with Gasteiger partial charge in [0.25, 0.3) is 0 Å². The molecule has 0 saturated heterocycles. The van der Waals surface area contributed by atoms with Gasteiger partial charge in [0.05, 0.1) is 0 Å². The molecule has 1 N–H and O–H groups in total. The molecule has 1 aliphatic rings. The highest BCUT2D eigenvalue weighted by atomic mass is 19.3. The quantitative estimate of drug-likeness (QED) is 0.838. The molecule has 1 fully saturated rings. The first-order valence-corrected chi connectivity index (χ1v) is 7.42. The number of hydrogen-bond donors (Lipinski definition) is 1. The summed E-state index contributed by atoms with van der Waals surface area (Å²) >= 11 is 0. The van der Waals surface area contributed by atoms with Gasteiger partial charge < -0.3 is 10.1 Å². The van der Waals surface area contributed by atoms with Gasteiger partial charge in [-0.15, -0.1) is 0 Å². The summed E-state index contributed by atoms with van der Waals surface area (Å²) < 4.78 is 28.4. The van der Waals surface area contributed by atoms with E-state index in [1.807, 2.05) is 12.1 Å². The molecule has 112 valence electrons. The van der Waals surface area contributed by atoms with Crippen LogP contribution in [0.3, 0.4) is 0 Å². The molecule has 20 heavy (non-hydrogen) atoms. The monoisotopic (exact) mass is 283 g/mol. The van der Waals surface area contributed by atoms with E-state index >= 15 is 0 Å². The summed E-state index contributed by atoms with van der Waals surface area (Å²) in [7, 11) is 0. The first-order valence-electron chi connectivity index (χ1n) is 7.42. The van der Waals surface area contributed by atoms with Gasteiger partial charge in [0.2, 0.25) is 0 Å². The summed E-state index contributed by atoms with van der Waals surface area (Å²) in [6.45, 7) is 0.252. The average molecular weight is 283 g/mol. The predicted molar refractivity (Wildman–Crippen MR) is 76.0 cm³/mol. The lowest BCUT2D eigenvalue weighted by atomic mass is 9.84. The van der Waals surface area contributed by atoms with Gasteiger partial charge in [-0.25, -0.2) is 0 Å². The van der Waals surface area contributed by atoms with Crippen LogP contribution < -0.4 is 10.1 Å². The van der Waals surface area contributed by atoms with Gasteiger partial charge in [0, 0.05) is 12.6 Å². The van der Waals surface area contributed by atoms with Crippen LogP contribution >= 0.6 is 0 Å². The molecule has 0 radical (unpaired) electrons. The van der Waals surface area contributed by atoms with Gasteiger partial charge >= 0.3 is 6.61 Å². The summed E-state index contributed by atoms with van der Waals surface area (Å²) in [4.78, 5) is 0. The Morgan fingerprint density at radius 2 is 1.80 bits per heavy atom. The maximum absolute atomic E-state index is 12.0. The van der Waals surface area contributed by atoms with Crippen molar-refractivity contribution in [3.8, 4) is 5.75 Å². The second kappa shape index (κ2) is 7.58. The molecule has 4 heteroatoms. The van der Waals surface area contributed by atoms with Gasteiger partial charge in [0.15, 0.2) is 0 Å². The fourth-order valence-corrected chi connectivity index (χ4v) is 2.87. The Morgan fingerprint density at radius 3 is 2.40 bits per heavy atom. The zero-order chi connectivity index (χ0) is 14.4. The molecular formula is C16H23F2NO. The first kappa shape index (κ1) is 15.2. The molecule has 0 unspecified atom stereocenters. The lowest BCUT2D eigenvalue weighted by molar-refractivity contribution is -0.0498. The maximum Gasteiger partial charge on any atom is 0.387 e. The Labute approximate surface area is 119 Å². The van der Waals surface area contributed by atoms with Crippen molar-refractivity contribution in [2.45, 2.75) is 58.2 Å². The summed E-state index contributed by atoms with van der Waals surface area (Å²) in [6.07, 6.45) is 6.69. The van der Waals surface area contributed by atoms with Crippen molar-refractivity contribution >= 4 is 0 Å². The van der Waals surface area contributed by atoms with E-state index in [0.29, 0.717) is 6.04 Å². The molecule has 1 aromatic carbocycles. The van der Waals surface area contributed by atoms with E-state index in [1.54, 1.807) is 12.1 Å². The number of benzene rings is 1. The van der Waals surface area contributed by atoms with Crippen molar-refractivity contribution in [3.63, 3.8) is 0 Å². The highest BCUT2D eigenvalue weighted by molar-refractivity contribution is 5.27. The van der Waals surface area contributed by atoms with Crippen molar-refractivity contribution in [3.05, 3.63) is 29.8 Å². The van der Waals surface area contributed by atoms with E-state index in [9.17, 15) is 8.78 Å². The molecule has 1 saturated carbocycles. The molecule has 1 aromatic rings. The maximum atomic E-state index is 12.0. The average Bonchev–Trinajstić information content (AvgIpc) is 2.46.